The van der Waals surface area contributed by atoms with Crippen LogP contribution in [0.1, 0.15) is 17.2 Å². The van der Waals surface area contributed by atoms with Crippen molar-refractivity contribution in [3.63, 3.8) is 0 Å². The van der Waals surface area contributed by atoms with Gasteiger partial charge in [-0.15, -0.1) is 0 Å². The Balaban J connectivity index is 2.99. The van der Waals surface area contributed by atoms with Crippen molar-refractivity contribution in [3.05, 3.63) is 33.8 Å². The summed E-state index contributed by atoms with van der Waals surface area (Å²) in [6.07, 6.45) is 0. The molecule has 4 heteroatoms. The van der Waals surface area contributed by atoms with Crippen LogP contribution < -0.4 is 11.5 Å². The molecule has 0 radical (unpaired) electrons. The normalized spacial score (nSPS) is 15.2. The second-order valence-electron chi connectivity index (χ2n) is 3.37. The van der Waals surface area contributed by atoms with Crippen LogP contribution in [-0.4, -0.2) is 17.8 Å². The van der Waals surface area contributed by atoms with Gasteiger partial charge < -0.3 is 16.6 Å². The van der Waals surface area contributed by atoms with Gasteiger partial charge >= 0.3 is 0 Å². The predicted octanol–water partition coefficient (Wildman–Crippen LogP) is 1.08. The van der Waals surface area contributed by atoms with E-state index in [0.29, 0.717) is 0 Å². The van der Waals surface area contributed by atoms with Crippen LogP contribution in [0.2, 0.25) is 0 Å². The smallest absolute Gasteiger partial charge is 0.0601 e. The number of hydrogen-bond donors (Lipinski definition) is 3. The lowest BCUT2D eigenvalue weighted by molar-refractivity contribution is 0.249. The number of aliphatic hydroxyl groups excluding tert-OH is 1. The fourth-order valence-electron chi connectivity index (χ4n) is 1.31. The second kappa shape index (κ2) is 4.89. The maximum Gasteiger partial charge on any atom is 0.0601 e. The highest BCUT2D eigenvalue weighted by atomic mass is 79.9. The van der Waals surface area contributed by atoms with Crippen LogP contribution in [0.15, 0.2) is 22.7 Å². The molecule has 14 heavy (non-hydrogen) atoms. The summed E-state index contributed by atoms with van der Waals surface area (Å²) in [5.74, 6) is 0. The van der Waals surface area contributed by atoms with E-state index in [-0.39, 0.29) is 12.6 Å². The summed E-state index contributed by atoms with van der Waals surface area (Å²) in [6, 6.07) is 5.13. The average Bonchev–Trinajstić information content (AvgIpc) is 2.19. The highest BCUT2D eigenvalue weighted by Crippen LogP contribution is 2.22. The lowest BCUT2D eigenvalue weighted by atomic mass is 9.97. The molecular weight excluding hydrogens is 244 g/mol. The highest BCUT2D eigenvalue weighted by molar-refractivity contribution is 9.10. The quantitative estimate of drug-likeness (QED) is 0.760. The summed E-state index contributed by atoms with van der Waals surface area (Å²) < 4.78 is 0.971. The maximum absolute atomic E-state index is 8.91. The van der Waals surface area contributed by atoms with E-state index in [1.165, 1.54) is 0 Å². The van der Waals surface area contributed by atoms with Crippen molar-refractivity contribution in [1.29, 1.82) is 0 Å². The van der Waals surface area contributed by atoms with Crippen LogP contribution in [0.4, 0.5) is 0 Å². The molecule has 0 heterocycles. The Bertz CT molecular complexity index is 317. The van der Waals surface area contributed by atoms with Crippen LogP contribution in [0.25, 0.3) is 0 Å². The second-order valence-corrected chi connectivity index (χ2v) is 4.29. The van der Waals surface area contributed by atoms with Crippen LogP contribution in [0.5, 0.6) is 0 Å². The Morgan fingerprint density at radius 2 is 2.07 bits per heavy atom. The third kappa shape index (κ3) is 2.54. The van der Waals surface area contributed by atoms with E-state index in [0.717, 1.165) is 15.6 Å². The van der Waals surface area contributed by atoms with Crippen molar-refractivity contribution in [2.75, 3.05) is 6.61 Å². The summed E-state index contributed by atoms with van der Waals surface area (Å²) in [6.45, 7) is 1.87. The number of aryl methyl sites for hydroxylation is 1. The predicted molar refractivity (Wildman–Crippen MR) is 60.9 cm³/mol. The Kier molecular flexibility index (Phi) is 4.07. The Morgan fingerprint density at radius 3 is 2.64 bits per heavy atom. The van der Waals surface area contributed by atoms with Gasteiger partial charge in [0.2, 0.25) is 0 Å². The molecule has 78 valence electrons. The first kappa shape index (κ1) is 11.7. The Labute approximate surface area is 92.2 Å². The van der Waals surface area contributed by atoms with Gasteiger partial charge in [-0.1, -0.05) is 22.0 Å². The molecule has 3 nitrogen and oxygen atoms in total. The van der Waals surface area contributed by atoms with Gasteiger partial charge in [0.05, 0.1) is 6.61 Å². The summed E-state index contributed by atoms with van der Waals surface area (Å²) in [5.41, 5.74) is 13.7. The number of hydrogen-bond acceptors (Lipinski definition) is 3. The summed E-state index contributed by atoms with van der Waals surface area (Å²) in [5, 5.41) is 8.91. The van der Waals surface area contributed by atoms with E-state index in [4.69, 9.17) is 16.6 Å². The zero-order valence-corrected chi connectivity index (χ0v) is 9.66. The van der Waals surface area contributed by atoms with Gasteiger partial charge in [-0.05, 0) is 30.2 Å². The molecule has 0 bridgehead atoms. The molecule has 1 aromatic rings. The summed E-state index contributed by atoms with van der Waals surface area (Å²) in [4.78, 5) is 0. The van der Waals surface area contributed by atoms with Crippen molar-refractivity contribution < 1.29 is 5.11 Å². The molecule has 0 amide bonds. The third-order valence-electron chi connectivity index (χ3n) is 2.27. The molecule has 0 aliphatic heterocycles. The molecule has 0 saturated heterocycles. The number of halogens is 1. The third-order valence-corrected chi connectivity index (χ3v) is 2.77. The van der Waals surface area contributed by atoms with E-state index in [1.807, 2.05) is 25.1 Å². The van der Waals surface area contributed by atoms with Crippen molar-refractivity contribution in [2.24, 2.45) is 11.5 Å². The first-order chi connectivity index (χ1) is 6.56. The van der Waals surface area contributed by atoms with Gasteiger partial charge in [0.15, 0.2) is 0 Å². The summed E-state index contributed by atoms with van der Waals surface area (Å²) in [7, 11) is 0. The zero-order valence-electron chi connectivity index (χ0n) is 8.07. The van der Waals surface area contributed by atoms with Crippen molar-refractivity contribution in [2.45, 2.75) is 19.0 Å². The van der Waals surface area contributed by atoms with E-state index in [2.05, 4.69) is 15.9 Å². The Morgan fingerprint density at radius 1 is 1.43 bits per heavy atom. The van der Waals surface area contributed by atoms with Crippen LogP contribution in [0.3, 0.4) is 0 Å². The van der Waals surface area contributed by atoms with Gasteiger partial charge in [-0.3, -0.25) is 0 Å². The maximum atomic E-state index is 8.91. The minimum atomic E-state index is -0.414. The van der Waals surface area contributed by atoms with Crippen LogP contribution in [-0.2, 0) is 0 Å². The molecule has 0 aromatic heterocycles. The minimum Gasteiger partial charge on any atom is -0.395 e. The van der Waals surface area contributed by atoms with Gasteiger partial charge in [-0.2, -0.15) is 0 Å². The Hall–Kier alpha value is -0.420. The molecule has 0 spiro atoms. The van der Waals surface area contributed by atoms with Gasteiger partial charge in [-0.25, -0.2) is 0 Å². The molecule has 0 fully saturated rings. The van der Waals surface area contributed by atoms with Crippen molar-refractivity contribution in [1.82, 2.24) is 0 Å². The van der Waals surface area contributed by atoms with Gasteiger partial charge in [0.1, 0.15) is 0 Å². The van der Waals surface area contributed by atoms with E-state index in [1.54, 1.807) is 0 Å². The van der Waals surface area contributed by atoms with Gasteiger partial charge in [0.25, 0.3) is 0 Å². The standard InChI is InChI=1S/C10H15BrN2O/c1-6-2-3-7(11)4-8(6)10(13)9(12)5-14/h2-4,9-10,14H,5,12-13H2,1H3. The average molecular weight is 259 g/mol. The molecule has 2 unspecified atom stereocenters. The number of nitrogens with two attached hydrogens (primary N) is 2. The zero-order chi connectivity index (χ0) is 10.7. The lowest BCUT2D eigenvalue weighted by Gasteiger charge is -2.20. The minimum absolute atomic E-state index is 0.104. The lowest BCUT2D eigenvalue weighted by Crippen LogP contribution is -2.37. The molecule has 2 atom stereocenters. The van der Waals surface area contributed by atoms with Crippen molar-refractivity contribution in [3.8, 4) is 0 Å². The fraction of sp³-hybridized carbons (Fsp3) is 0.400. The van der Waals surface area contributed by atoms with Crippen molar-refractivity contribution >= 4 is 15.9 Å². The molecule has 1 aromatic carbocycles. The molecule has 0 aliphatic rings. The largest absolute Gasteiger partial charge is 0.395 e. The molecular formula is C10H15BrN2O. The number of benzene rings is 1. The van der Waals surface area contributed by atoms with E-state index in [9.17, 15) is 0 Å². The first-order valence-corrected chi connectivity index (χ1v) is 5.23. The molecule has 0 aliphatic carbocycles. The molecule has 0 saturated carbocycles. The topological polar surface area (TPSA) is 72.3 Å². The van der Waals surface area contributed by atoms with E-state index < -0.39 is 6.04 Å². The van der Waals surface area contributed by atoms with Crippen LogP contribution >= 0.6 is 15.9 Å². The summed E-state index contributed by atoms with van der Waals surface area (Å²) >= 11 is 3.38. The number of aliphatic hydroxyl groups is 1. The first-order valence-electron chi connectivity index (χ1n) is 4.44. The van der Waals surface area contributed by atoms with Gasteiger partial charge in [0, 0.05) is 16.6 Å². The molecule has 1 rings (SSSR count). The highest BCUT2D eigenvalue weighted by Gasteiger charge is 2.16. The monoisotopic (exact) mass is 258 g/mol. The number of rotatable bonds is 3. The fourth-order valence-corrected chi connectivity index (χ4v) is 1.69. The molecule has 5 N–H and O–H groups in total. The van der Waals surface area contributed by atoms with Crippen LogP contribution in [0, 0.1) is 6.92 Å². The van der Waals surface area contributed by atoms with E-state index >= 15 is 0 Å². The SMILES string of the molecule is Cc1ccc(Br)cc1C(N)C(N)CO.